The highest BCUT2D eigenvalue weighted by molar-refractivity contribution is 6.31. The molecular weight excluding hydrogens is 452 g/mol. The van der Waals surface area contributed by atoms with Crippen molar-refractivity contribution >= 4 is 29.0 Å². The SMILES string of the molecule is C/C(=N\NC(=O)c1nnn(-c2nonc2N)c1-c1ccc2c(c1)OCO2)c1cccc(Cl)c1. The molecule has 0 spiro atoms. The largest absolute Gasteiger partial charge is 0.454 e. The molecule has 1 amide bonds. The number of benzene rings is 2. The predicted molar refractivity (Wildman–Crippen MR) is 116 cm³/mol. The minimum atomic E-state index is -0.606. The topological polar surface area (TPSA) is 156 Å². The molecule has 1 aliphatic rings. The number of hydrazone groups is 1. The third-order valence-electron chi connectivity index (χ3n) is 4.80. The third-order valence-corrected chi connectivity index (χ3v) is 5.03. The minimum absolute atomic E-state index is 0.0244. The van der Waals surface area contributed by atoms with Gasteiger partial charge in [0.15, 0.2) is 17.2 Å². The molecule has 1 aliphatic heterocycles. The summed E-state index contributed by atoms with van der Waals surface area (Å²) in [5.41, 5.74) is 10.4. The van der Waals surface area contributed by atoms with E-state index in [1.165, 1.54) is 4.68 Å². The Hall–Kier alpha value is -4.45. The van der Waals surface area contributed by atoms with Crippen LogP contribution in [0.5, 0.6) is 11.5 Å². The summed E-state index contributed by atoms with van der Waals surface area (Å²) in [5.74, 6) is 0.530. The number of hydrogen-bond acceptors (Lipinski definition) is 10. The third kappa shape index (κ3) is 3.83. The molecule has 0 radical (unpaired) electrons. The van der Waals surface area contributed by atoms with Crippen LogP contribution in [0.4, 0.5) is 5.82 Å². The standard InChI is InChI=1S/C20H15ClN8O4/c1-10(11-3-2-4-13(21)7-11)23-25-20(30)16-17(12-5-6-14-15(8-12)32-9-31-14)29(28-24-16)19-18(22)26-33-27-19/h2-8H,9H2,1H3,(H2,22,26)(H,25,30)/b23-10+. The Morgan fingerprint density at radius 2 is 2.03 bits per heavy atom. The highest BCUT2D eigenvalue weighted by atomic mass is 35.5. The first-order valence-corrected chi connectivity index (χ1v) is 9.94. The van der Waals surface area contributed by atoms with Crippen LogP contribution in [0.1, 0.15) is 23.0 Å². The molecule has 2 aromatic heterocycles. The first-order chi connectivity index (χ1) is 16.0. The maximum absolute atomic E-state index is 13.0. The van der Waals surface area contributed by atoms with Crippen LogP contribution in [0.2, 0.25) is 5.02 Å². The van der Waals surface area contributed by atoms with Crippen LogP contribution < -0.4 is 20.6 Å². The maximum Gasteiger partial charge on any atom is 0.294 e. The molecule has 0 saturated carbocycles. The van der Waals surface area contributed by atoms with Gasteiger partial charge in [-0.3, -0.25) is 4.79 Å². The number of amides is 1. The van der Waals surface area contributed by atoms with Gasteiger partial charge in [-0.25, -0.2) is 10.1 Å². The summed E-state index contributed by atoms with van der Waals surface area (Å²) in [4.78, 5) is 13.0. The summed E-state index contributed by atoms with van der Waals surface area (Å²) in [5, 5.41) is 20.1. The van der Waals surface area contributed by atoms with Gasteiger partial charge >= 0.3 is 0 Å². The van der Waals surface area contributed by atoms with E-state index in [1.807, 2.05) is 6.07 Å². The number of nitrogens with two attached hydrogens (primary N) is 1. The highest BCUT2D eigenvalue weighted by Gasteiger charge is 2.27. The van der Waals surface area contributed by atoms with Gasteiger partial charge in [0.2, 0.25) is 18.4 Å². The Balaban J connectivity index is 1.53. The zero-order chi connectivity index (χ0) is 22.9. The predicted octanol–water partition coefficient (Wildman–Crippen LogP) is 2.44. The number of ether oxygens (including phenoxy) is 2. The van der Waals surface area contributed by atoms with Crippen LogP contribution in [0.15, 0.2) is 52.2 Å². The fourth-order valence-corrected chi connectivity index (χ4v) is 3.38. The Kier molecular flexibility index (Phi) is 5.11. The second kappa shape index (κ2) is 8.24. The molecule has 2 aromatic carbocycles. The van der Waals surface area contributed by atoms with Gasteiger partial charge in [-0.2, -0.15) is 9.78 Å². The van der Waals surface area contributed by atoms with Crippen LogP contribution in [0.3, 0.4) is 0 Å². The first-order valence-electron chi connectivity index (χ1n) is 9.56. The Morgan fingerprint density at radius 3 is 2.82 bits per heavy atom. The summed E-state index contributed by atoms with van der Waals surface area (Å²) >= 11 is 6.03. The van der Waals surface area contributed by atoms with Crippen LogP contribution in [-0.4, -0.2) is 43.7 Å². The van der Waals surface area contributed by atoms with Gasteiger partial charge < -0.3 is 15.2 Å². The molecule has 13 heteroatoms. The lowest BCUT2D eigenvalue weighted by atomic mass is 10.1. The number of halogens is 1. The number of rotatable bonds is 5. The fraction of sp³-hybridized carbons (Fsp3) is 0.100. The van der Waals surface area contributed by atoms with Crippen molar-refractivity contribution in [3.63, 3.8) is 0 Å². The van der Waals surface area contributed by atoms with Crippen LogP contribution in [-0.2, 0) is 0 Å². The van der Waals surface area contributed by atoms with Crippen LogP contribution in [0, 0.1) is 0 Å². The lowest BCUT2D eigenvalue weighted by molar-refractivity contribution is 0.0950. The first kappa shape index (κ1) is 20.5. The smallest absolute Gasteiger partial charge is 0.294 e. The van der Waals surface area contributed by atoms with Gasteiger partial charge in [-0.15, -0.1) is 5.10 Å². The summed E-state index contributed by atoms with van der Waals surface area (Å²) in [6.45, 7) is 1.84. The summed E-state index contributed by atoms with van der Waals surface area (Å²) in [7, 11) is 0. The summed E-state index contributed by atoms with van der Waals surface area (Å²) in [6, 6.07) is 12.2. The monoisotopic (exact) mass is 466 g/mol. The second-order valence-corrected chi connectivity index (χ2v) is 7.32. The fourth-order valence-electron chi connectivity index (χ4n) is 3.19. The summed E-state index contributed by atoms with van der Waals surface area (Å²) < 4.78 is 16.8. The van der Waals surface area contributed by atoms with Gasteiger partial charge in [0.05, 0.1) is 5.71 Å². The molecule has 0 fully saturated rings. The molecule has 0 atom stereocenters. The zero-order valence-corrected chi connectivity index (χ0v) is 17.8. The molecule has 33 heavy (non-hydrogen) atoms. The number of hydrogen-bond donors (Lipinski definition) is 2. The van der Waals surface area contributed by atoms with E-state index in [0.29, 0.717) is 27.8 Å². The average Bonchev–Trinajstić information content (AvgIpc) is 3.55. The quantitative estimate of drug-likeness (QED) is 0.333. The molecular formula is C20H15ClN8O4. The Labute approximate surface area is 190 Å². The van der Waals surface area contributed by atoms with Gasteiger partial charge in [-0.1, -0.05) is 28.9 Å². The van der Waals surface area contributed by atoms with Crippen molar-refractivity contribution in [3.8, 4) is 28.6 Å². The normalized spacial score (nSPS) is 12.7. The second-order valence-electron chi connectivity index (χ2n) is 6.89. The van der Waals surface area contributed by atoms with Gasteiger partial charge in [-0.05, 0) is 53.1 Å². The lowest BCUT2D eigenvalue weighted by Gasteiger charge is -2.07. The van der Waals surface area contributed by atoms with Crippen molar-refractivity contribution in [1.82, 2.24) is 30.7 Å². The van der Waals surface area contributed by atoms with Crippen molar-refractivity contribution in [2.75, 3.05) is 12.5 Å². The molecule has 12 nitrogen and oxygen atoms in total. The number of nitrogens with zero attached hydrogens (tertiary/aromatic N) is 6. The van der Waals surface area contributed by atoms with E-state index in [-0.39, 0.29) is 29.8 Å². The van der Waals surface area contributed by atoms with E-state index in [0.717, 1.165) is 5.56 Å². The Morgan fingerprint density at radius 1 is 1.18 bits per heavy atom. The van der Waals surface area contributed by atoms with E-state index < -0.39 is 5.91 Å². The van der Waals surface area contributed by atoms with E-state index >= 15 is 0 Å². The molecule has 5 rings (SSSR count). The molecule has 0 unspecified atom stereocenters. The van der Waals surface area contributed by atoms with Crippen molar-refractivity contribution in [3.05, 3.63) is 58.7 Å². The molecule has 0 saturated heterocycles. The zero-order valence-electron chi connectivity index (χ0n) is 17.0. The van der Waals surface area contributed by atoms with Gasteiger partial charge in [0, 0.05) is 10.6 Å². The van der Waals surface area contributed by atoms with Crippen LogP contribution in [0.25, 0.3) is 17.1 Å². The molecule has 0 aliphatic carbocycles. The molecule has 4 aromatic rings. The average molecular weight is 467 g/mol. The minimum Gasteiger partial charge on any atom is -0.454 e. The van der Waals surface area contributed by atoms with E-state index in [1.54, 1.807) is 43.3 Å². The van der Waals surface area contributed by atoms with Crippen molar-refractivity contribution in [2.24, 2.45) is 5.10 Å². The van der Waals surface area contributed by atoms with Crippen molar-refractivity contribution in [2.45, 2.75) is 6.92 Å². The molecule has 3 N–H and O–H groups in total. The van der Waals surface area contributed by atoms with Crippen molar-refractivity contribution in [1.29, 1.82) is 0 Å². The number of fused-ring (bicyclic) bond motifs is 1. The number of nitrogen functional groups attached to an aromatic ring is 1. The summed E-state index contributed by atoms with van der Waals surface area (Å²) in [6.07, 6.45) is 0. The molecule has 166 valence electrons. The van der Waals surface area contributed by atoms with Crippen LogP contribution >= 0.6 is 11.6 Å². The Bertz CT molecular complexity index is 1400. The van der Waals surface area contributed by atoms with E-state index in [2.05, 4.69) is 35.8 Å². The molecule has 0 bridgehead atoms. The van der Waals surface area contributed by atoms with E-state index in [4.69, 9.17) is 26.8 Å². The number of aromatic nitrogens is 5. The van der Waals surface area contributed by atoms with Crippen molar-refractivity contribution < 1.29 is 18.9 Å². The van der Waals surface area contributed by atoms with E-state index in [9.17, 15) is 4.79 Å². The number of carbonyl (C=O) groups excluding carboxylic acids is 1. The number of anilines is 1. The highest BCUT2D eigenvalue weighted by Crippen LogP contribution is 2.37. The molecule has 3 heterocycles. The van der Waals surface area contributed by atoms with Gasteiger partial charge in [0.1, 0.15) is 5.69 Å². The number of nitrogens with one attached hydrogen (secondary N) is 1. The lowest BCUT2D eigenvalue weighted by Crippen LogP contribution is -2.21. The maximum atomic E-state index is 13.0. The van der Waals surface area contributed by atoms with Gasteiger partial charge in [0.25, 0.3) is 5.91 Å². The number of carbonyl (C=O) groups is 1.